The Balaban J connectivity index is 1.01. The highest BCUT2D eigenvalue weighted by molar-refractivity contribution is 6.27. The van der Waals surface area contributed by atoms with E-state index < -0.39 is 0 Å². The van der Waals surface area contributed by atoms with Crippen LogP contribution in [-0.4, -0.2) is 0 Å². The number of hydrogen-bond donors (Lipinski definition) is 0. The fourth-order valence-corrected chi connectivity index (χ4v) is 13.5. The van der Waals surface area contributed by atoms with E-state index in [0.717, 1.165) is 28.9 Å². The summed E-state index contributed by atoms with van der Waals surface area (Å²) < 4.78 is 6.97. The zero-order valence-electron chi connectivity index (χ0n) is 30.5. The van der Waals surface area contributed by atoms with Gasteiger partial charge in [0.2, 0.25) is 0 Å². The van der Waals surface area contributed by atoms with Gasteiger partial charge in [0.15, 0.2) is 0 Å². The zero-order chi connectivity index (χ0) is 34.8. The Morgan fingerprint density at radius 1 is 0.566 bits per heavy atom. The third-order valence-electron chi connectivity index (χ3n) is 15.6. The molecule has 1 heteroatoms. The minimum absolute atomic E-state index is 0.0780. The summed E-state index contributed by atoms with van der Waals surface area (Å²) in [6, 6.07) is 48.5. The molecule has 1 nitrogen and oxygen atoms in total. The van der Waals surface area contributed by atoms with Crippen LogP contribution in [-0.2, 0) is 10.8 Å². The molecule has 0 amide bonds. The van der Waals surface area contributed by atoms with Gasteiger partial charge in [-0.05, 0) is 146 Å². The molecule has 5 unspecified atom stereocenters. The standard InChI is InChI=1S/C52H42O/c1-50(2)43-13-7-5-9-38(43)39-20-18-34(24-44(39)50)47-41-11-4-3-10-40(41)46(48-42-12-6-8-14-45(42)53-49(47)48)33-16-15-32-23-35(19-17-31(32)22-33)51-26-30-21-36-25-37(28-51)52(36,27-30)29-51/h3-20,22-24,30,36-37H,21,25-29H2,1-2H3. The van der Waals surface area contributed by atoms with Crippen molar-refractivity contribution in [3.63, 3.8) is 0 Å². The topological polar surface area (TPSA) is 13.1 Å². The molecule has 5 atom stereocenters. The predicted octanol–water partition coefficient (Wildman–Crippen LogP) is 14.0. The number of rotatable bonds is 3. The Labute approximate surface area is 310 Å². The van der Waals surface area contributed by atoms with Gasteiger partial charge < -0.3 is 4.42 Å². The maximum Gasteiger partial charge on any atom is 0.144 e. The first-order chi connectivity index (χ1) is 25.9. The Bertz CT molecular complexity index is 2920. The second kappa shape index (κ2) is 9.69. The molecule has 7 aromatic carbocycles. The van der Waals surface area contributed by atoms with Gasteiger partial charge in [0, 0.05) is 27.3 Å². The van der Waals surface area contributed by atoms with Gasteiger partial charge in [-0.2, -0.15) is 0 Å². The SMILES string of the molecule is CC1(C)c2ccccc2-c2ccc(-c3c4ccccc4c(-c4ccc5cc(C67CC8CC9CC(C6)C9(C8)C7)ccc5c4)c4c3oc3ccccc34)cc21. The predicted molar refractivity (Wildman–Crippen MR) is 219 cm³/mol. The third kappa shape index (κ3) is 3.60. The van der Waals surface area contributed by atoms with Gasteiger partial charge in [-0.25, -0.2) is 0 Å². The lowest BCUT2D eigenvalue weighted by Crippen LogP contribution is -2.42. The average molecular weight is 683 g/mol. The Morgan fingerprint density at radius 3 is 2.19 bits per heavy atom. The van der Waals surface area contributed by atoms with E-state index in [1.54, 1.807) is 5.56 Å². The molecule has 0 radical (unpaired) electrons. The molecule has 5 aliphatic carbocycles. The molecular weight excluding hydrogens is 641 g/mol. The van der Waals surface area contributed by atoms with Gasteiger partial charge in [-0.15, -0.1) is 0 Å². The zero-order valence-corrected chi connectivity index (χ0v) is 30.5. The van der Waals surface area contributed by atoms with E-state index >= 15 is 0 Å². The van der Waals surface area contributed by atoms with Gasteiger partial charge in [0.1, 0.15) is 11.2 Å². The fraction of sp³-hybridized carbons (Fsp3) is 0.269. The van der Waals surface area contributed by atoms with Crippen molar-refractivity contribution in [1.82, 2.24) is 0 Å². The quantitative estimate of drug-likeness (QED) is 0.181. The number of benzene rings is 7. The Kier molecular flexibility index (Phi) is 5.36. The van der Waals surface area contributed by atoms with E-state index in [4.69, 9.17) is 4.42 Å². The molecule has 5 aliphatic rings. The third-order valence-corrected chi connectivity index (χ3v) is 15.6. The smallest absolute Gasteiger partial charge is 0.144 e. The van der Waals surface area contributed by atoms with Crippen LogP contribution in [0.5, 0.6) is 0 Å². The molecule has 1 aromatic heterocycles. The van der Waals surface area contributed by atoms with Crippen molar-refractivity contribution < 1.29 is 4.42 Å². The summed E-state index contributed by atoms with van der Waals surface area (Å²) in [5.74, 6) is 2.98. The van der Waals surface area contributed by atoms with Crippen molar-refractivity contribution in [2.45, 2.75) is 63.2 Å². The summed E-state index contributed by atoms with van der Waals surface area (Å²) >= 11 is 0. The number of hydrogen-bond acceptors (Lipinski definition) is 1. The lowest BCUT2D eigenvalue weighted by Gasteiger charge is -2.49. The van der Waals surface area contributed by atoms with Gasteiger partial charge in [-0.3, -0.25) is 0 Å². The normalized spacial score (nSPS) is 27.1. The number of para-hydroxylation sites is 1. The fourth-order valence-electron chi connectivity index (χ4n) is 13.5. The van der Waals surface area contributed by atoms with Crippen LogP contribution in [0.4, 0.5) is 0 Å². The summed E-state index contributed by atoms with van der Waals surface area (Å²) in [5, 5.41) is 7.59. The van der Waals surface area contributed by atoms with Gasteiger partial charge in [0.25, 0.3) is 0 Å². The van der Waals surface area contributed by atoms with Crippen LogP contribution in [0.15, 0.2) is 132 Å². The van der Waals surface area contributed by atoms with Crippen molar-refractivity contribution >= 4 is 43.5 Å². The van der Waals surface area contributed by atoms with E-state index in [1.807, 2.05) is 0 Å². The highest BCUT2D eigenvalue weighted by Crippen LogP contribution is 2.79. The highest BCUT2D eigenvalue weighted by Gasteiger charge is 2.70. The first-order valence-corrected chi connectivity index (χ1v) is 20.1. The van der Waals surface area contributed by atoms with Crippen LogP contribution < -0.4 is 0 Å². The van der Waals surface area contributed by atoms with Crippen molar-refractivity contribution in [1.29, 1.82) is 0 Å². The van der Waals surface area contributed by atoms with Crippen LogP contribution in [0.2, 0.25) is 0 Å². The van der Waals surface area contributed by atoms with E-state index in [1.165, 1.54) is 115 Å². The molecule has 4 saturated carbocycles. The molecule has 0 saturated heterocycles. The maximum atomic E-state index is 6.97. The molecular formula is C52H42O. The minimum Gasteiger partial charge on any atom is -0.455 e. The minimum atomic E-state index is -0.0780. The van der Waals surface area contributed by atoms with Crippen LogP contribution in [0.25, 0.3) is 76.9 Å². The van der Waals surface area contributed by atoms with E-state index in [9.17, 15) is 0 Å². The molecule has 0 N–H and O–H groups in total. The van der Waals surface area contributed by atoms with E-state index in [2.05, 4.69) is 141 Å². The summed E-state index contributed by atoms with van der Waals surface area (Å²) in [6.07, 6.45) is 8.86. The Hall–Kier alpha value is -5.14. The molecule has 0 aliphatic heterocycles. The molecule has 53 heavy (non-hydrogen) atoms. The second-order valence-corrected chi connectivity index (χ2v) is 18.3. The molecule has 1 spiro atoms. The molecule has 1 heterocycles. The van der Waals surface area contributed by atoms with E-state index in [0.29, 0.717) is 10.8 Å². The van der Waals surface area contributed by atoms with Gasteiger partial charge in [-0.1, -0.05) is 123 Å². The van der Waals surface area contributed by atoms with Crippen LogP contribution >= 0.6 is 0 Å². The van der Waals surface area contributed by atoms with Gasteiger partial charge >= 0.3 is 0 Å². The van der Waals surface area contributed by atoms with Gasteiger partial charge in [0.05, 0.1) is 0 Å². The molecule has 8 aromatic rings. The summed E-state index contributed by atoms with van der Waals surface area (Å²) in [5.41, 5.74) is 15.0. The summed E-state index contributed by atoms with van der Waals surface area (Å²) in [6.45, 7) is 4.74. The van der Waals surface area contributed by atoms with Crippen molar-refractivity contribution in [2.75, 3.05) is 0 Å². The second-order valence-electron chi connectivity index (χ2n) is 18.3. The van der Waals surface area contributed by atoms with Crippen LogP contribution in [0, 0.1) is 23.2 Å². The van der Waals surface area contributed by atoms with Crippen LogP contribution in [0.1, 0.15) is 69.1 Å². The van der Waals surface area contributed by atoms with Crippen LogP contribution in [0.3, 0.4) is 0 Å². The summed E-state index contributed by atoms with van der Waals surface area (Å²) in [7, 11) is 0. The number of furan rings is 1. The molecule has 4 fully saturated rings. The highest BCUT2D eigenvalue weighted by atomic mass is 16.3. The molecule has 13 rings (SSSR count). The first kappa shape index (κ1) is 29.3. The lowest BCUT2D eigenvalue weighted by molar-refractivity contribution is -0.000158. The summed E-state index contributed by atoms with van der Waals surface area (Å²) in [4.78, 5) is 0. The number of fused-ring (bicyclic) bond motifs is 10. The molecule has 256 valence electrons. The average Bonchev–Trinajstić information content (AvgIpc) is 3.80. The maximum absolute atomic E-state index is 6.97. The lowest BCUT2D eigenvalue weighted by atomic mass is 9.55. The molecule has 3 bridgehead atoms. The van der Waals surface area contributed by atoms with Crippen molar-refractivity contribution in [3.8, 4) is 33.4 Å². The van der Waals surface area contributed by atoms with Crippen molar-refractivity contribution in [2.24, 2.45) is 23.2 Å². The largest absolute Gasteiger partial charge is 0.455 e. The van der Waals surface area contributed by atoms with E-state index in [-0.39, 0.29) is 5.41 Å². The first-order valence-electron chi connectivity index (χ1n) is 20.1. The Morgan fingerprint density at radius 2 is 1.28 bits per heavy atom. The monoisotopic (exact) mass is 682 g/mol. The van der Waals surface area contributed by atoms with Crippen molar-refractivity contribution in [3.05, 3.63) is 144 Å².